The van der Waals surface area contributed by atoms with Gasteiger partial charge in [-0.1, -0.05) is 13.8 Å². The smallest absolute Gasteiger partial charge is 0.0650 e. The van der Waals surface area contributed by atoms with Gasteiger partial charge in [-0.15, -0.1) is 0 Å². The van der Waals surface area contributed by atoms with Crippen LogP contribution in [0.25, 0.3) is 0 Å². The van der Waals surface area contributed by atoms with Gasteiger partial charge in [0.1, 0.15) is 0 Å². The molecule has 2 rings (SSSR count). The average molecular weight is 207 g/mol. The van der Waals surface area contributed by atoms with Crippen molar-refractivity contribution in [2.45, 2.75) is 39.0 Å². The number of piperidine rings is 1. The van der Waals surface area contributed by atoms with Gasteiger partial charge in [-0.2, -0.15) is 5.10 Å². The van der Waals surface area contributed by atoms with Crippen molar-refractivity contribution < 1.29 is 0 Å². The van der Waals surface area contributed by atoms with Crippen LogP contribution in [-0.4, -0.2) is 23.3 Å². The maximum Gasteiger partial charge on any atom is 0.0650 e. The molecule has 1 aromatic rings. The number of aromatic amines is 1. The zero-order valence-corrected chi connectivity index (χ0v) is 9.71. The highest BCUT2D eigenvalue weighted by atomic mass is 15.1. The molecule has 3 nitrogen and oxygen atoms in total. The molecule has 1 aromatic heterocycles. The first-order valence-electron chi connectivity index (χ1n) is 6.00. The van der Waals surface area contributed by atoms with E-state index in [1.54, 1.807) is 0 Å². The van der Waals surface area contributed by atoms with Crippen LogP contribution in [0.15, 0.2) is 6.07 Å². The Kier molecular flexibility index (Phi) is 3.41. The van der Waals surface area contributed by atoms with Crippen molar-refractivity contribution in [1.82, 2.24) is 15.5 Å². The van der Waals surface area contributed by atoms with Gasteiger partial charge in [0.15, 0.2) is 0 Å². The van der Waals surface area contributed by atoms with E-state index in [2.05, 4.69) is 35.4 Å². The summed E-state index contributed by atoms with van der Waals surface area (Å²) in [5.74, 6) is 1.32. The van der Waals surface area contributed by atoms with Crippen LogP contribution in [0.5, 0.6) is 0 Å². The molecule has 1 atom stereocenters. The third kappa shape index (κ3) is 2.81. The lowest BCUT2D eigenvalue weighted by Crippen LogP contribution is -2.30. The van der Waals surface area contributed by atoms with Gasteiger partial charge < -0.3 is 5.32 Å². The first kappa shape index (κ1) is 10.7. The molecule has 3 heteroatoms. The van der Waals surface area contributed by atoms with Gasteiger partial charge in [-0.25, -0.2) is 0 Å². The van der Waals surface area contributed by atoms with Crippen LogP contribution in [0.1, 0.15) is 44.0 Å². The minimum absolute atomic E-state index is 0.527. The van der Waals surface area contributed by atoms with Crippen LogP contribution in [-0.2, 0) is 6.42 Å². The van der Waals surface area contributed by atoms with E-state index in [0.717, 1.165) is 18.9 Å². The quantitative estimate of drug-likeness (QED) is 0.796. The van der Waals surface area contributed by atoms with Crippen molar-refractivity contribution in [3.05, 3.63) is 17.5 Å². The molecular formula is C12H21N3. The highest BCUT2D eigenvalue weighted by molar-refractivity contribution is 5.12. The highest BCUT2D eigenvalue weighted by Gasteiger charge is 2.15. The van der Waals surface area contributed by atoms with Crippen molar-refractivity contribution in [2.75, 3.05) is 13.1 Å². The van der Waals surface area contributed by atoms with E-state index in [-0.39, 0.29) is 0 Å². The van der Waals surface area contributed by atoms with Crippen LogP contribution >= 0.6 is 0 Å². The second-order valence-electron chi connectivity index (χ2n) is 4.89. The van der Waals surface area contributed by atoms with Crippen molar-refractivity contribution in [3.8, 4) is 0 Å². The number of aromatic nitrogens is 2. The molecule has 0 saturated carbocycles. The topological polar surface area (TPSA) is 40.7 Å². The lowest BCUT2D eigenvalue weighted by molar-refractivity contribution is 0.373. The molecule has 0 aromatic carbocycles. The summed E-state index contributed by atoms with van der Waals surface area (Å²) in [5, 5.41) is 10.9. The molecule has 0 bridgehead atoms. The standard InChI is InChI=1S/C12H21N3/c1-9(2)12-7-11(14-15-12)6-10-4-3-5-13-8-10/h7,9-10,13H,3-6,8H2,1-2H3,(H,14,15). The highest BCUT2D eigenvalue weighted by Crippen LogP contribution is 2.18. The fourth-order valence-corrected chi connectivity index (χ4v) is 2.19. The largest absolute Gasteiger partial charge is 0.316 e. The monoisotopic (exact) mass is 207 g/mol. The number of nitrogens with zero attached hydrogens (tertiary/aromatic N) is 1. The van der Waals surface area contributed by atoms with Crippen molar-refractivity contribution in [1.29, 1.82) is 0 Å². The molecule has 2 N–H and O–H groups in total. The summed E-state index contributed by atoms with van der Waals surface area (Å²) in [4.78, 5) is 0. The normalized spacial score (nSPS) is 22.2. The minimum Gasteiger partial charge on any atom is -0.316 e. The summed E-state index contributed by atoms with van der Waals surface area (Å²) in [7, 11) is 0. The van der Waals surface area contributed by atoms with Gasteiger partial charge in [0.05, 0.1) is 5.69 Å². The Balaban J connectivity index is 1.91. The van der Waals surface area contributed by atoms with Crippen molar-refractivity contribution >= 4 is 0 Å². The van der Waals surface area contributed by atoms with E-state index in [1.807, 2.05) is 0 Å². The van der Waals surface area contributed by atoms with Crippen LogP contribution < -0.4 is 5.32 Å². The SMILES string of the molecule is CC(C)c1cc(CC2CCCNC2)[nH]n1. The van der Waals surface area contributed by atoms with E-state index in [1.165, 1.54) is 30.8 Å². The fraction of sp³-hybridized carbons (Fsp3) is 0.750. The Hall–Kier alpha value is -0.830. The molecule has 0 amide bonds. The number of hydrogen-bond acceptors (Lipinski definition) is 2. The van der Waals surface area contributed by atoms with Crippen molar-refractivity contribution in [3.63, 3.8) is 0 Å². The average Bonchev–Trinajstić information content (AvgIpc) is 2.68. The first-order chi connectivity index (χ1) is 7.25. The molecule has 15 heavy (non-hydrogen) atoms. The number of hydrogen-bond donors (Lipinski definition) is 2. The van der Waals surface area contributed by atoms with Gasteiger partial charge in [0, 0.05) is 5.69 Å². The third-order valence-corrected chi connectivity index (χ3v) is 3.15. The first-order valence-corrected chi connectivity index (χ1v) is 6.00. The van der Waals surface area contributed by atoms with Gasteiger partial charge in [-0.05, 0) is 50.3 Å². The molecular weight excluding hydrogens is 186 g/mol. The van der Waals surface area contributed by atoms with E-state index >= 15 is 0 Å². The van der Waals surface area contributed by atoms with Gasteiger partial charge in [-0.3, -0.25) is 5.10 Å². The van der Waals surface area contributed by atoms with E-state index < -0.39 is 0 Å². The Bertz CT molecular complexity index is 298. The third-order valence-electron chi connectivity index (χ3n) is 3.15. The molecule has 1 aliphatic rings. The van der Waals surface area contributed by atoms with Crippen molar-refractivity contribution in [2.24, 2.45) is 5.92 Å². The maximum absolute atomic E-state index is 4.34. The molecule has 0 radical (unpaired) electrons. The van der Waals surface area contributed by atoms with Crippen LogP contribution in [0, 0.1) is 5.92 Å². The summed E-state index contributed by atoms with van der Waals surface area (Å²) in [5.41, 5.74) is 2.49. The number of nitrogens with one attached hydrogen (secondary N) is 2. The Morgan fingerprint density at radius 2 is 2.40 bits per heavy atom. The van der Waals surface area contributed by atoms with Crippen LogP contribution in [0.4, 0.5) is 0 Å². The number of H-pyrrole nitrogens is 1. The molecule has 0 spiro atoms. The Labute approximate surface area is 91.7 Å². The van der Waals surface area contributed by atoms with Crippen LogP contribution in [0.3, 0.4) is 0 Å². The molecule has 1 aliphatic heterocycles. The van der Waals surface area contributed by atoms with Gasteiger partial charge in [0.2, 0.25) is 0 Å². The lowest BCUT2D eigenvalue weighted by atomic mass is 9.94. The predicted molar refractivity (Wildman–Crippen MR) is 62.0 cm³/mol. The lowest BCUT2D eigenvalue weighted by Gasteiger charge is -2.21. The van der Waals surface area contributed by atoms with Gasteiger partial charge in [0.25, 0.3) is 0 Å². The Morgan fingerprint density at radius 3 is 3.00 bits per heavy atom. The molecule has 1 unspecified atom stereocenters. The summed E-state index contributed by atoms with van der Waals surface area (Å²) in [6.45, 7) is 6.72. The Morgan fingerprint density at radius 1 is 1.53 bits per heavy atom. The summed E-state index contributed by atoms with van der Waals surface area (Å²) in [6, 6.07) is 2.22. The van der Waals surface area contributed by atoms with E-state index in [4.69, 9.17) is 0 Å². The molecule has 2 heterocycles. The summed E-state index contributed by atoms with van der Waals surface area (Å²) < 4.78 is 0. The van der Waals surface area contributed by atoms with Gasteiger partial charge >= 0.3 is 0 Å². The minimum atomic E-state index is 0.527. The summed E-state index contributed by atoms with van der Waals surface area (Å²) in [6.07, 6.45) is 3.81. The zero-order chi connectivity index (χ0) is 10.7. The second kappa shape index (κ2) is 4.79. The fourth-order valence-electron chi connectivity index (χ4n) is 2.19. The van der Waals surface area contributed by atoms with E-state index in [0.29, 0.717) is 5.92 Å². The predicted octanol–water partition coefficient (Wildman–Crippen LogP) is 2.08. The van der Waals surface area contributed by atoms with Crippen LogP contribution in [0.2, 0.25) is 0 Å². The summed E-state index contributed by atoms with van der Waals surface area (Å²) >= 11 is 0. The molecule has 1 saturated heterocycles. The molecule has 1 fully saturated rings. The van der Waals surface area contributed by atoms with E-state index in [9.17, 15) is 0 Å². The molecule has 84 valence electrons. The number of rotatable bonds is 3. The maximum atomic E-state index is 4.34. The second-order valence-corrected chi connectivity index (χ2v) is 4.89. The zero-order valence-electron chi connectivity index (χ0n) is 9.71. The molecule has 0 aliphatic carbocycles.